The lowest BCUT2D eigenvalue weighted by Crippen LogP contribution is -2.57. The summed E-state index contributed by atoms with van der Waals surface area (Å²) in [5.41, 5.74) is -0.942. The minimum absolute atomic E-state index is 0.119. The molecule has 154 valence electrons. The van der Waals surface area contributed by atoms with Crippen molar-refractivity contribution in [3.63, 3.8) is 0 Å². The average molecular weight is 409 g/mol. The van der Waals surface area contributed by atoms with Crippen molar-refractivity contribution in [3.05, 3.63) is 70.3 Å². The van der Waals surface area contributed by atoms with E-state index in [-0.39, 0.29) is 29.9 Å². The molecule has 2 unspecified atom stereocenters. The summed E-state index contributed by atoms with van der Waals surface area (Å²) in [6.45, 7) is 1.87. The van der Waals surface area contributed by atoms with Crippen molar-refractivity contribution in [3.8, 4) is 5.75 Å². The fraction of sp³-hybridized carbons (Fsp3) is 0.286. The molecule has 2 saturated heterocycles. The second-order valence-electron chi connectivity index (χ2n) is 7.54. The number of piperidine rings is 1. The standard InChI is InChI=1S/C21H19N3O6/c1-21(19(26)30-17-9-7-15(8-10-17)24(28)29)12-11-16-13-22(21)20(27)23(16)18(25)14-5-3-2-4-6-14/h2-10,16H,11-13H2,1H3. The maximum atomic E-state index is 13.0. The van der Waals surface area contributed by atoms with Gasteiger partial charge in [0, 0.05) is 24.2 Å². The van der Waals surface area contributed by atoms with E-state index in [1.165, 1.54) is 34.1 Å². The molecule has 2 aliphatic heterocycles. The summed E-state index contributed by atoms with van der Waals surface area (Å²) in [5.74, 6) is -0.879. The summed E-state index contributed by atoms with van der Waals surface area (Å²) in [6, 6.07) is 12.9. The molecule has 0 radical (unpaired) electrons. The maximum Gasteiger partial charge on any atom is 0.337 e. The van der Waals surface area contributed by atoms with Gasteiger partial charge in [-0.1, -0.05) is 18.2 Å². The van der Waals surface area contributed by atoms with E-state index in [9.17, 15) is 24.5 Å². The van der Waals surface area contributed by atoms with E-state index in [0.717, 1.165) is 0 Å². The quantitative estimate of drug-likeness (QED) is 0.332. The van der Waals surface area contributed by atoms with Crippen molar-refractivity contribution in [2.24, 2.45) is 0 Å². The third-order valence-electron chi connectivity index (χ3n) is 5.69. The predicted molar refractivity (Wildman–Crippen MR) is 105 cm³/mol. The zero-order valence-corrected chi connectivity index (χ0v) is 16.2. The first-order chi connectivity index (χ1) is 14.3. The van der Waals surface area contributed by atoms with E-state index in [0.29, 0.717) is 18.4 Å². The molecule has 0 aliphatic carbocycles. The molecule has 2 aromatic rings. The molecule has 0 saturated carbocycles. The van der Waals surface area contributed by atoms with Crippen LogP contribution >= 0.6 is 0 Å². The van der Waals surface area contributed by atoms with Gasteiger partial charge < -0.3 is 9.64 Å². The van der Waals surface area contributed by atoms with Gasteiger partial charge in [0.25, 0.3) is 11.6 Å². The first-order valence-electron chi connectivity index (χ1n) is 9.48. The molecule has 0 aromatic heterocycles. The van der Waals surface area contributed by atoms with Crippen LogP contribution in [-0.2, 0) is 4.79 Å². The van der Waals surface area contributed by atoms with Crippen LogP contribution in [0.4, 0.5) is 10.5 Å². The second kappa shape index (κ2) is 7.25. The van der Waals surface area contributed by atoms with Gasteiger partial charge in [-0.2, -0.15) is 0 Å². The third kappa shape index (κ3) is 3.18. The Hall–Kier alpha value is -3.75. The highest BCUT2D eigenvalue weighted by Crippen LogP contribution is 2.38. The van der Waals surface area contributed by atoms with Gasteiger partial charge in [0.05, 0.1) is 11.0 Å². The molecule has 2 bridgehead atoms. The van der Waals surface area contributed by atoms with E-state index in [2.05, 4.69) is 0 Å². The monoisotopic (exact) mass is 409 g/mol. The van der Waals surface area contributed by atoms with Crippen molar-refractivity contribution in [2.45, 2.75) is 31.3 Å². The number of non-ortho nitro benzene ring substituents is 1. The number of carbonyl (C=O) groups is 3. The molecule has 2 aromatic carbocycles. The van der Waals surface area contributed by atoms with Crippen LogP contribution < -0.4 is 4.74 Å². The van der Waals surface area contributed by atoms with Gasteiger partial charge in [-0.15, -0.1) is 0 Å². The summed E-state index contributed by atoms with van der Waals surface area (Å²) in [7, 11) is 0. The average Bonchev–Trinajstić information content (AvgIpc) is 3.04. The van der Waals surface area contributed by atoms with Crippen molar-refractivity contribution in [1.82, 2.24) is 9.80 Å². The first-order valence-corrected chi connectivity index (χ1v) is 9.48. The number of hydrogen-bond acceptors (Lipinski definition) is 6. The minimum Gasteiger partial charge on any atom is -0.425 e. The molecule has 30 heavy (non-hydrogen) atoms. The molecule has 2 aliphatic rings. The van der Waals surface area contributed by atoms with Crippen molar-refractivity contribution < 1.29 is 24.0 Å². The highest BCUT2D eigenvalue weighted by atomic mass is 16.6. The largest absolute Gasteiger partial charge is 0.425 e. The van der Waals surface area contributed by atoms with Gasteiger partial charge >= 0.3 is 12.0 Å². The number of fused-ring (bicyclic) bond motifs is 2. The van der Waals surface area contributed by atoms with Gasteiger partial charge in [-0.3, -0.25) is 19.8 Å². The summed E-state index contributed by atoms with van der Waals surface area (Å²) in [6.07, 6.45) is 0.820. The van der Waals surface area contributed by atoms with Crippen molar-refractivity contribution in [1.29, 1.82) is 0 Å². The zero-order valence-electron chi connectivity index (χ0n) is 16.2. The van der Waals surface area contributed by atoms with Gasteiger partial charge in [-0.05, 0) is 44.0 Å². The molecule has 2 fully saturated rings. The Balaban J connectivity index is 1.53. The number of urea groups is 1. The van der Waals surface area contributed by atoms with Crippen LogP contribution in [0.3, 0.4) is 0 Å². The number of amides is 3. The van der Waals surface area contributed by atoms with Crippen LogP contribution in [0.15, 0.2) is 54.6 Å². The van der Waals surface area contributed by atoms with Crippen molar-refractivity contribution >= 4 is 23.6 Å². The Morgan fingerprint density at radius 2 is 1.80 bits per heavy atom. The third-order valence-corrected chi connectivity index (χ3v) is 5.69. The second-order valence-corrected chi connectivity index (χ2v) is 7.54. The fourth-order valence-electron chi connectivity index (χ4n) is 3.91. The Morgan fingerprint density at radius 1 is 1.13 bits per heavy atom. The number of hydrogen-bond donors (Lipinski definition) is 0. The summed E-state index contributed by atoms with van der Waals surface area (Å²) >= 11 is 0. The van der Waals surface area contributed by atoms with Crippen LogP contribution in [0.5, 0.6) is 5.75 Å². The van der Waals surface area contributed by atoms with Crippen LogP contribution in [0.2, 0.25) is 0 Å². The molecule has 4 rings (SSSR count). The fourth-order valence-corrected chi connectivity index (χ4v) is 3.91. The smallest absolute Gasteiger partial charge is 0.337 e. The summed E-state index contributed by atoms with van der Waals surface area (Å²) in [4.78, 5) is 51.7. The van der Waals surface area contributed by atoms with Crippen LogP contribution in [-0.4, -0.2) is 50.8 Å². The molecule has 9 heteroatoms. The van der Waals surface area contributed by atoms with Crippen LogP contribution in [0.1, 0.15) is 30.1 Å². The van der Waals surface area contributed by atoms with E-state index in [1.807, 2.05) is 0 Å². The van der Waals surface area contributed by atoms with Crippen LogP contribution in [0, 0.1) is 10.1 Å². The molecule has 9 nitrogen and oxygen atoms in total. The van der Waals surface area contributed by atoms with Gasteiger partial charge in [0.15, 0.2) is 0 Å². The highest BCUT2D eigenvalue weighted by molar-refractivity contribution is 6.07. The molecule has 0 spiro atoms. The molecule has 2 atom stereocenters. The number of ether oxygens (including phenoxy) is 1. The molecule has 3 amide bonds. The number of benzene rings is 2. The number of esters is 1. The number of nitro benzene ring substituents is 1. The van der Waals surface area contributed by atoms with E-state index >= 15 is 0 Å². The van der Waals surface area contributed by atoms with Gasteiger partial charge in [0.1, 0.15) is 11.3 Å². The normalized spacial score (nSPS) is 22.7. The molecular formula is C21H19N3O6. The Labute approximate surface area is 172 Å². The maximum absolute atomic E-state index is 13.0. The number of nitrogens with zero attached hydrogens (tertiary/aromatic N) is 3. The lowest BCUT2D eigenvalue weighted by atomic mass is 9.88. The highest BCUT2D eigenvalue weighted by Gasteiger charge is 2.56. The molecular weight excluding hydrogens is 390 g/mol. The summed E-state index contributed by atoms with van der Waals surface area (Å²) in [5, 5.41) is 10.8. The van der Waals surface area contributed by atoms with Gasteiger partial charge in [-0.25, -0.2) is 9.59 Å². The van der Waals surface area contributed by atoms with Gasteiger partial charge in [0.2, 0.25) is 0 Å². The minimum atomic E-state index is -1.24. The lowest BCUT2D eigenvalue weighted by molar-refractivity contribution is -0.384. The topological polar surface area (TPSA) is 110 Å². The molecule has 2 heterocycles. The van der Waals surface area contributed by atoms with E-state index in [1.54, 1.807) is 37.3 Å². The Morgan fingerprint density at radius 3 is 2.43 bits per heavy atom. The Kier molecular flexibility index (Phi) is 4.73. The van der Waals surface area contributed by atoms with E-state index in [4.69, 9.17) is 4.74 Å². The van der Waals surface area contributed by atoms with E-state index < -0.39 is 22.5 Å². The first kappa shape index (κ1) is 19.6. The lowest BCUT2D eigenvalue weighted by Gasteiger charge is -2.38. The zero-order chi connectivity index (χ0) is 21.5. The number of nitro groups is 1. The molecule has 0 N–H and O–H groups in total. The predicted octanol–water partition coefficient (Wildman–Crippen LogP) is 3.00. The SMILES string of the molecule is CC1(C(=O)Oc2ccc([N+](=O)[O-])cc2)CCC2CN1C(=O)N2C(=O)c1ccccc1. The van der Waals surface area contributed by atoms with Crippen LogP contribution in [0.25, 0.3) is 0 Å². The number of carbonyl (C=O) groups excluding carboxylic acids is 3. The van der Waals surface area contributed by atoms with Crippen molar-refractivity contribution in [2.75, 3.05) is 6.54 Å². The number of rotatable bonds is 4. The Bertz CT molecular complexity index is 1020. The number of imide groups is 1. The summed E-state index contributed by atoms with van der Waals surface area (Å²) < 4.78 is 5.41.